The smallest absolute Gasteiger partial charge is 0.137 e. The number of hydrogen-bond acceptors (Lipinski definition) is 3. The summed E-state index contributed by atoms with van der Waals surface area (Å²) in [6.45, 7) is 1.70. The van der Waals surface area contributed by atoms with Crippen molar-refractivity contribution < 1.29 is 0 Å². The Kier molecular flexibility index (Phi) is 4.45. The van der Waals surface area contributed by atoms with Crippen molar-refractivity contribution in [3.63, 3.8) is 0 Å². The third-order valence-electron chi connectivity index (χ3n) is 3.57. The second-order valence-corrected chi connectivity index (χ2v) is 6.46. The van der Waals surface area contributed by atoms with E-state index < -0.39 is 0 Å². The number of halogens is 1. The Morgan fingerprint density at radius 1 is 1.18 bits per heavy atom. The quantitative estimate of drug-likeness (QED) is 0.724. The van der Waals surface area contributed by atoms with Gasteiger partial charge in [0.2, 0.25) is 0 Å². The summed E-state index contributed by atoms with van der Waals surface area (Å²) < 4.78 is 1.13. The summed E-state index contributed by atoms with van der Waals surface area (Å²) in [7, 11) is 4.15. The van der Waals surface area contributed by atoms with Crippen LogP contribution in [0.2, 0.25) is 0 Å². The van der Waals surface area contributed by atoms with Crippen molar-refractivity contribution in [3.05, 3.63) is 58.3 Å². The average molecular weight is 359 g/mol. The molecule has 0 aliphatic carbocycles. The maximum Gasteiger partial charge on any atom is 0.137 e. The topological polar surface area (TPSA) is 44.0 Å². The van der Waals surface area contributed by atoms with Crippen LogP contribution >= 0.6 is 15.9 Å². The summed E-state index contributed by atoms with van der Waals surface area (Å²) >= 11 is 3.65. The highest BCUT2D eigenvalue weighted by molar-refractivity contribution is 9.10. The summed E-state index contributed by atoms with van der Waals surface area (Å²) in [6, 6.07) is 10.5. The molecule has 4 nitrogen and oxygen atoms in total. The molecule has 0 bridgehead atoms. The van der Waals surface area contributed by atoms with E-state index in [2.05, 4.69) is 80.5 Å². The number of aromatic amines is 1. The number of benzene rings is 1. The minimum atomic E-state index is 0.774. The molecule has 0 aliphatic heterocycles. The third-order valence-corrected chi connectivity index (χ3v) is 4.31. The van der Waals surface area contributed by atoms with Crippen molar-refractivity contribution in [1.82, 2.24) is 14.9 Å². The van der Waals surface area contributed by atoms with Gasteiger partial charge in [-0.15, -0.1) is 0 Å². The minimum Gasteiger partial charge on any atom is -0.381 e. The van der Waals surface area contributed by atoms with Crippen LogP contribution in [0.4, 0.5) is 5.69 Å². The van der Waals surface area contributed by atoms with Crippen LogP contribution in [0.25, 0.3) is 11.0 Å². The van der Waals surface area contributed by atoms with Crippen LogP contribution in [0.1, 0.15) is 11.1 Å². The maximum absolute atomic E-state index is 4.31. The molecule has 0 fully saturated rings. The molecule has 0 saturated heterocycles. The number of aromatic nitrogens is 2. The predicted octanol–water partition coefficient (Wildman–Crippen LogP) is 4.00. The Balaban J connectivity index is 1.74. The molecular formula is C17H19BrN4. The lowest BCUT2D eigenvalue weighted by Gasteiger charge is -2.13. The van der Waals surface area contributed by atoms with E-state index in [4.69, 9.17) is 0 Å². The molecule has 3 aromatic rings. The van der Waals surface area contributed by atoms with Gasteiger partial charge in [0.1, 0.15) is 5.65 Å². The molecule has 2 N–H and O–H groups in total. The molecule has 0 amide bonds. The van der Waals surface area contributed by atoms with Gasteiger partial charge in [0.05, 0.1) is 0 Å². The van der Waals surface area contributed by atoms with E-state index in [0.29, 0.717) is 0 Å². The van der Waals surface area contributed by atoms with Gasteiger partial charge in [0.15, 0.2) is 0 Å². The number of nitrogens with zero attached hydrogens (tertiary/aromatic N) is 2. The molecule has 0 atom stereocenters. The average Bonchev–Trinajstić information content (AvgIpc) is 2.96. The first kappa shape index (κ1) is 15.1. The summed E-state index contributed by atoms with van der Waals surface area (Å²) in [4.78, 5) is 9.62. The van der Waals surface area contributed by atoms with Gasteiger partial charge in [-0.25, -0.2) is 4.98 Å². The molecule has 2 aromatic heterocycles. The van der Waals surface area contributed by atoms with Gasteiger partial charge in [-0.05, 0) is 49.5 Å². The van der Waals surface area contributed by atoms with E-state index in [1.54, 1.807) is 0 Å². The number of pyridine rings is 1. The van der Waals surface area contributed by atoms with Crippen molar-refractivity contribution in [1.29, 1.82) is 0 Å². The van der Waals surface area contributed by atoms with Gasteiger partial charge < -0.3 is 15.2 Å². The standard InChI is InChI=1S/C17H19BrN4/c1-22(2)11-13-3-4-14(9-16(13)18)21-10-12-5-7-19-17-15(12)6-8-20-17/h3-9,21H,10-11H2,1-2H3,(H,19,20). The zero-order chi connectivity index (χ0) is 15.5. The van der Waals surface area contributed by atoms with Gasteiger partial charge in [0.25, 0.3) is 0 Å². The summed E-state index contributed by atoms with van der Waals surface area (Å²) in [5.41, 5.74) is 4.56. The number of rotatable bonds is 5. The molecule has 0 aliphatic rings. The lowest BCUT2D eigenvalue weighted by atomic mass is 10.1. The second-order valence-electron chi connectivity index (χ2n) is 5.61. The first-order chi connectivity index (χ1) is 10.6. The highest BCUT2D eigenvalue weighted by atomic mass is 79.9. The van der Waals surface area contributed by atoms with Gasteiger partial charge >= 0.3 is 0 Å². The van der Waals surface area contributed by atoms with E-state index >= 15 is 0 Å². The molecule has 0 spiro atoms. The van der Waals surface area contributed by atoms with Crippen LogP contribution in [0, 0.1) is 0 Å². The Morgan fingerprint density at radius 2 is 2.05 bits per heavy atom. The van der Waals surface area contributed by atoms with Crippen molar-refractivity contribution in [2.45, 2.75) is 13.1 Å². The van der Waals surface area contributed by atoms with Crippen molar-refractivity contribution in [3.8, 4) is 0 Å². The van der Waals surface area contributed by atoms with Crippen LogP contribution in [0.5, 0.6) is 0 Å². The monoisotopic (exact) mass is 358 g/mol. The van der Waals surface area contributed by atoms with Crippen molar-refractivity contribution >= 4 is 32.7 Å². The van der Waals surface area contributed by atoms with E-state index in [0.717, 1.165) is 28.9 Å². The summed E-state index contributed by atoms with van der Waals surface area (Å²) in [6.07, 6.45) is 3.76. The van der Waals surface area contributed by atoms with E-state index in [9.17, 15) is 0 Å². The van der Waals surface area contributed by atoms with Gasteiger partial charge in [-0.3, -0.25) is 0 Å². The fraction of sp³-hybridized carbons (Fsp3) is 0.235. The Bertz CT molecular complexity index is 779. The zero-order valence-corrected chi connectivity index (χ0v) is 14.3. The van der Waals surface area contributed by atoms with Gasteiger partial charge in [0, 0.05) is 41.0 Å². The number of nitrogens with one attached hydrogen (secondary N) is 2. The lowest BCUT2D eigenvalue weighted by molar-refractivity contribution is 0.401. The normalized spacial score (nSPS) is 11.3. The SMILES string of the molecule is CN(C)Cc1ccc(NCc2ccnc3[nH]ccc23)cc1Br. The third kappa shape index (κ3) is 3.31. The summed E-state index contributed by atoms with van der Waals surface area (Å²) in [5.74, 6) is 0. The second kappa shape index (κ2) is 6.50. The number of anilines is 1. The Morgan fingerprint density at radius 3 is 2.82 bits per heavy atom. The van der Waals surface area contributed by atoms with Crippen LogP contribution in [-0.2, 0) is 13.1 Å². The molecule has 0 radical (unpaired) electrons. The molecule has 1 aromatic carbocycles. The first-order valence-electron chi connectivity index (χ1n) is 7.21. The molecule has 2 heterocycles. The van der Waals surface area contributed by atoms with Crippen molar-refractivity contribution in [2.75, 3.05) is 19.4 Å². The molecular weight excluding hydrogens is 340 g/mol. The zero-order valence-electron chi connectivity index (χ0n) is 12.7. The van der Waals surface area contributed by atoms with Gasteiger partial charge in [-0.1, -0.05) is 22.0 Å². The highest BCUT2D eigenvalue weighted by Gasteiger charge is 2.05. The predicted molar refractivity (Wildman–Crippen MR) is 95.0 cm³/mol. The Hall–Kier alpha value is -1.85. The number of fused-ring (bicyclic) bond motifs is 1. The van der Waals surface area contributed by atoms with Crippen LogP contribution in [0.3, 0.4) is 0 Å². The minimum absolute atomic E-state index is 0.774. The highest BCUT2D eigenvalue weighted by Crippen LogP contribution is 2.23. The molecule has 0 unspecified atom stereocenters. The fourth-order valence-corrected chi connectivity index (χ4v) is 3.00. The summed E-state index contributed by atoms with van der Waals surface area (Å²) in [5, 5.41) is 4.64. The van der Waals surface area contributed by atoms with Crippen LogP contribution < -0.4 is 5.32 Å². The molecule has 3 rings (SSSR count). The lowest BCUT2D eigenvalue weighted by Crippen LogP contribution is -2.11. The molecule has 5 heteroatoms. The van der Waals surface area contributed by atoms with Crippen LogP contribution in [-0.4, -0.2) is 29.0 Å². The number of H-pyrrole nitrogens is 1. The fourth-order valence-electron chi connectivity index (χ4n) is 2.50. The molecule has 22 heavy (non-hydrogen) atoms. The van der Waals surface area contributed by atoms with E-state index in [1.807, 2.05) is 12.4 Å². The Labute approximate surface area is 138 Å². The molecule has 114 valence electrons. The van der Waals surface area contributed by atoms with E-state index in [1.165, 1.54) is 16.5 Å². The largest absolute Gasteiger partial charge is 0.381 e. The number of hydrogen-bond donors (Lipinski definition) is 2. The first-order valence-corrected chi connectivity index (χ1v) is 8.01. The maximum atomic E-state index is 4.31. The van der Waals surface area contributed by atoms with Gasteiger partial charge in [-0.2, -0.15) is 0 Å². The molecule has 0 saturated carbocycles. The van der Waals surface area contributed by atoms with Crippen molar-refractivity contribution in [2.24, 2.45) is 0 Å². The van der Waals surface area contributed by atoms with Crippen LogP contribution in [0.15, 0.2) is 47.2 Å². The van der Waals surface area contributed by atoms with E-state index in [-0.39, 0.29) is 0 Å².